The average Bonchev–Trinajstić information content (AvgIpc) is 2.68. The molecule has 1 amide bonds. The summed E-state index contributed by atoms with van der Waals surface area (Å²) in [6.07, 6.45) is 1.21. The van der Waals surface area contributed by atoms with Gasteiger partial charge >= 0.3 is 5.69 Å². The third kappa shape index (κ3) is 4.51. The SMILES string of the molecule is CCCn1c(N)c(N(CCOC)C(=O)C(CC)c2ccccc2)c(=O)[nH]c1=O. The highest BCUT2D eigenvalue weighted by Gasteiger charge is 2.29. The van der Waals surface area contributed by atoms with Crippen LogP contribution < -0.4 is 21.9 Å². The Balaban J connectivity index is 2.58. The molecule has 0 spiro atoms. The number of carbonyl (C=O) groups excluding carboxylic acids is 1. The van der Waals surface area contributed by atoms with E-state index in [9.17, 15) is 14.4 Å². The summed E-state index contributed by atoms with van der Waals surface area (Å²) in [6, 6.07) is 9.38. The van der Waals surface area contributed by atoms with Gasteiger partial charge in [0.05, 0.1) is 12.5 Å². The Bertz CT molecular complexity index is 905. The Morgan fingerprint density at radius 2 is 1.93 bits per heavy atom. The summed E-state index contributed by atoms with van der Waals surface area (Å²) in [5.41, 5.74) is 5.76. The molecule has 8 nitrogen and oxygen atoms in total. The Morgan fingerprint density at radius 3 is 2.50 bits per heavy atom. The largest absolute Gasteiger partial charge is 0.383 e. The Hall–Kier alpha value is -2.87. The van der Waals surface area contributed by atoms with Gasteiger partial charge < -0.3 is 15.4 Å². The summed E-state index contributed by atoms with van der Waals surface area (Å²) < 4.78 is 6.41. The third-order valence-electron chi connectivity index (χ3n) is 4.62. The van der Waals surface area contributed by atoms with Gasteiger partial charge in [0.15, 0.2) is 5.69 Å². The zero-order valence-corrected chi connectivity index (χ0v) is 16.6. The van der Waals surface area contributed by atoms with Gasteiger partial charge in [0.2, 0.25) is 5.91 Å². The van der Waals surface area contributed by atoms with E-state index in [0.29, 0.717) is 19.4 Å². The number of benzene rings is 1. The number of methoxy groups -OCH3 is 1. The quantitative estimate of drug-likeness (QED) is 0.679. The number of nitrogens with zero attached hydrogens (tertiary/aromatic N) is 2. The minimum absolute atomic E-state index is 0.00974. The molecule has 1 aromatic heterocycles. The predicted octanol–water partition coefficient (Wildman–Crippen LogP) is 1.70. The van der Waals surface area contributed by atoms with E-state index in [4.69, 9.17) is 10.5 Å². The minimum atomic E-state index is -0.678. The molecular formula is C20H28N4O4. The highest BCUT2D eigenvalue weighted by atomic mass is 16.5. The van der Waals surface area contributed by atoms with Gasteiger partial charge in [0.1, 0.15) is 5.82 Å². The second-order valence-corrected chi connectivity index (χ2v) is 6.50. The molecule has 0 fully saturated rings. The van der Waals surface area contributed by atoms with Crippen molar-refractivity contribution in [1.29, 1.82) is 0 Å². The van der Waals surface area contributed by atoms with E-state index >= 15 is 0 Å². The van der Waals surface area contributed by atoms with Crippen molar-refractivity contribution in [2.45, 2.75) is 39.2 Å². The van der Waals surface area contributed by atoms with E-state index in [1.165, 1.54) is 16.6 Å². The van der Waals surface area contributed by atoms with Crippen LogP contribution in [-0.4, -0.2) is 35.7 Å². The number of nitrogens with two attached hydrogens (primary N) is 1. The van der Waals surface area contributed by atoms with Crippen LogP contribution in [0.15, 0.2) is 39.9 Å². The van der Waals surface area contributed by atoms with Gasteiger partial charge in [-0.2, -0.15) is 0 Å². The summed E-state index contributed by atoms with van der Waals surface area (Å²) in [4.78, 5) is 41.7. The fraction of sp³-hybridized carbons (Fsp3) is 0.450. The molecular weight excluding hydrogens is 360 g/mol. The molecule has 1 aromatic carbocycles. The molecule has 0 aliphatic rings. The number of anilines is 2. The summed E-state index contributed by atoms with van der Waals surface area (Å²) in [6.45, 7) is 4.53. The number of nitrogens with one attached hydrogen (secondary N) is 1. The monoisotopic (exact) mass is 388 g/mol. The van der Waals surface area contributed by atoms with E-state index in [1.807, 2.05) is 44.2 Å². The molecule has 2 rings (SSSR count). The van der Waals surface area contributed by atoms with E-state index in [-0.39, 0.29) is 30.6 Å². The summed E-state index contributed by atoms with van der Waals surface area (Å²) in [5, 5.41) is 0. The lowest BCUT2D eigenvalue weighted by molar-refractivity contribution is -0.120. The Morgan fingerprint density at radius 1 is 1.25 bits per heavy atom. The van der Waals surface area contributed by atoms with Crippen LogP contribution in [0.2, 0.25) is 0 Å². The summed E-state index contributed by atoms with van der Waals surface area (Å²) >= 11 is 0. The lowest BCUT2D eigenvalue weighted by Crippen LogP contribution is -2.44. The van der Waals surface area contributed by atoms with Crippen molar-refractivity contribution in [3.63, 3.8) is 0 Å². The van der Waals surface area contributed by atoms with Crippen molar-refractivity contribution in [2.75, 3.05) is 30.9 Å². The minimum Gasteiger partial charge on any atom is -0.383 e. The number of ether oxygens (including phenoxy) is 1. The van der Waals surface area contributed by atoms with E-state index in [2.05, 4.69) is 4.98 Å². The molecule has 0 aliphatic heterocycles. The zero-order valence-electron chi connectivity index (χ0n) is 16.6. The molecule has 8 heteroatoms. The van der Waals surface area contributed by atoms with E-state index < -0.39 is 17.2 Å². The first-order chi connectivity index (χ1) is 13.5. The van der Waals surface area contributed by atoms with Crippen molar-refractivity contribution >= 4 is 17.4 Å². The number of nitrogen functional groups attached to an aromatic ring is 1. The van der Waals surface area contributed by atoms with Crippen molar-refractivity contribution in [1.82, 2.24) is 9.55 Å². The molecule has 2 aromatic rings. The van der Waals surface area contributed by atoms with Crippen LogP contribution in [0.5, 0.6) is 0 Å². The van der Waals surface area contributed by atoms with Gasteiger partial charge in [-0.1, -0.05) is 44.2 Å². The van der Waals surface area contributed by atoms with Crippen molar-refractivity contribution in [2.24, 2.45) is 0 Å². The van der Waals surface area contributed by atoms with Crippen molar-refractivity contribution in [3.8, 4) is 0 Å². The van der Waals surface area contributed by atoms with Gasteiger partial charge in [-0.05, 0) is 18.4 Å². The van der Waals surface area contributed by atoms with Crippen LogP contribution in [0.25, 0.3) is 0 Å². The van der Waals surface area contributed by atoms with Gasteiger partial charge in [-0.15, -0.1) is 0 Å². The maximum atomic E-state index is 13.4. The van der Waals surface area contributed by atoms with Crippen LogP contribution in [0.3, 0.4) is 0 Å². The molecule has 1 unspecified atom stereocenters. The summed E-state index contributed by atoms with van der Waals surface area (Å²) in [5.74, 6) is -0.712. The number of hydrogen-bond donors (Lipinski definition) is 2. The molecule has 0 saturated carbocycles. The van der Waals surface area contributed by atoms with Crippen molar-refractivity contribution < 1.29 is 9.53 Å². The van der Waals surface area contributed by atoms with Crippen molar-refractivity contribution in [3.05, 3.63) is 56.7 Å². The molecule has 0 bridgehead atoms. The molecule has 0 aliphatic carbocycles. The molecule has 28 heavy (non-hydrogen) atoms. The highest BCUT2D eigenvalue weighted by Crippen LogP contribution is 2.26. The number of rotatable bonds is 9. The van der Waals surface area contributed by atoms with Gasteiger partial charge in [-0.3, -0.25) is 19.1 Å². The van der Waals surface area contributed by atoms with Crippen LogP contribution in [0, 0.1) is 0 Å². The van der Waals surface area contributed by atoms with Crippen LogP contribution in [0.1, 0.15) is 38.2 Å². The van der Waals surface area contributed by atoms with Crippen LogP contribution >= 0.6 is 0 Å². The van der Waals surface area contributed by atoms with E-state index in [1.54, 1.807) is 0 Å². The average molecular weight is 388 g/mol. The predicted molar refractivity (Wildman–Crippen MR) is 110 cm³/mol. The fourth-order valence-corrected chi connectivity index (χ4v) is 3.22. The standard InChI is InChI=1S/C20H28N4O4/c1-4-11-24-17(21)16(18(25)22-20(24)27)23(12-13-28-3)19(26)15(5-2)14-9-7-6-8-10-14/h6-10,15H,4-5,11-13,21H2,1-3H3,(H,22,25,27). The first-order valence-corrected chi connectivity index (χ1v) is 9.44. The number of amides is 1. The summed E-state index contributed by atoms with van der Waals surface area (Å²) in [7, 11) is 1.52. The first kappa shape index (κ1) is 21.4. The first-order valence-electron chi connectivity index (χ1n) is 9.44. The second kappa shape index (κ2) is 9.89. The molecule has 152 valence electrons. The molecule has 1 heterocycles. The number of carbonyl (C=O) groups is 1. The van der Waals surface area contributed by atoms with E-state index in [0.717, 1.165) is 5.56 Å². The van der Waals surface area contributed by atoms with Crippen LogP contribution in [-0.2, 0) is 16.1 Å². The normalized spacial score (nSPS) is 12.0. The molecule has 3 N–H and O–H groups in total. The number of aromatic amines is 1. The lowest BCUT2D eigenvalue weighted by Gasteiger charge is -2.28. The number of H-pyrrole nitrogens is 1. The van der Waals surface area contributed by atoms with Gasteiger partial charge in [-0.25, -0.2) is 4.79 Å². The number of hydrogen-bond acceptors (Lipinski definition) is 5. The maximum absolute atomic E-state index is 13.4. The molecule has 1 atom stereocenters. The molecule has 0 radical (unpaired) electrons. The topological polar surface area (TPSA) is 110 Å². The Labute approximate surface area is 163 Å². The number of aromatic nitrogens is 2. The smallest absolute Gasteiger partial charge is 0.330 e. The zero-order chi connectivity index (χ0) is 20.7. The maximum Gasteiger partial charge on any atom is 0.330 e. The second-order valence-electron chi connectivity index (χ2n) is 6.50. The molecule has 0 saturated heterocycles. The fourth-order valence-electron chi connectivity index (χ4n) is 3.22. The lowest BCUT2D eigenvalue weighted by atomic mass is 9.95. The Kier molecular flexibility index (Phi) is 7.57. The van der Waals surface area contributed by atoms with Crippen LogP contribution in [0.4, 0.5) is 11.5 Å². The highest BCUT2D eigenvalue weighted by molar-refractivity contribution is 5.99. The third-order valence-corrected chi connectivity index (χ3v) is 4.62. The van der Waals surface area contributed by atoms with Gasteiger partial charge in [0, 0.05) is 20.2 Å². The van der Waals surface area contributed by atoms with Gasteiger partial charge in [0.25, 0.3) is 5.56 Å².